The largest absolute Gasteiger partial charge is 0.489 e. The van der Waals surface area contributed by atoms with Crippen LogP contribution in [-0.4, -0.2) is 12.6 Å². The van der Waals surface area contributed by atoms with Crippen LogP contribution in [0.4, 0.5) is 0 Å². The molecule has 0 bridgehead atoms. The molecule has 1 unspecified atom stereocenters. The molecule has 0 radical (unpaired) electrons. The van der Waals surface area contributed by atoms with E-state index in [0.717, 1.165) is 24.6 Å². The van der Waals surface area contributed by atoms with Crippen molar-refractivity contribution in [3.05, 3.63) is 66.6 Å². The lowest BCUT2D eigenvalue weighted by atomic mass is 10.1. The molecule has 3 rings (SSSR count). The second-order valence-corrected chi connectivity index (χ2v) is 5.15. The highest BCUT2D eigenvalue weighted by atomic mass is 16.5. The van der Waals surface area contributed by atoms with Gasteiger partial charge in [-0.25, -0.2) is 0 Å². The maximum Gasteiger partial charge on any atom is 0.120 e. The van der Waals surface area contributed by atoms with E-state index in [1.165, 1.54) is 10.8 Å². The lowest BCUT2D eigenvalue weighted by molar-refractivity contribution is 0.216. The summed E-state index contributed by atoms with van der Waals surface area (Å²) in [6.45, 7) is 3.55. The van der Waals surface area contributed by atoms with E-state index in [1.54, 1.807) is 6.26 Å². The first-order valence-electron chi connectivity index (χ1n) is 7.20. The number of benzene rings is 2. The standard InChI is InChI=1S/C18H19NO2/c1-14(12-19-13-18-7-4-10-20-18)21-17-9-8-15-5-2-3-6-16(15)11-17/h2-11,14,19H,12-13H2,1H3. The highest BCUT2D eigenvalue weighted by Gasteiger charge is 2.05. The zero-order valence-corrected chi connectivity index (χ0v) is 12.1. The zero-order chi connectivity index (χ0) is 14.5. The van der Waals surface area contributed by atoms with Crippen LogP contribution in [0.5, 0.6) is 5.75 Å². The van der Waals surface area contributed by atoms with Crippen molar-refractivity contribution in [2.45, 2.75) is 19.6 Å². The minimum atomic E-state index is 0.0983. The van der Waals surface area contributed by atoms with Crippen LogP contribution in [0.3, 0.4) is 0 Å². The van der Waals surface area contributed by atoms with Crippen LogP contribution in [0.15, 0.2) is 65.3 Å². The molecule has 21 heavy (non-hydrogen) atoms. The first kappa shape index (κ1) is 13.7. The van der Waals surface area contributed by atoms with Gasteiger partial charge in [-0.05, 0) is 42.0 Å². The summed E-state index contributed by atoms with van der Waals surface area (Å²) in [5, 5.41) is 5.76. The topological polar surface area (TPSA) is 34.4 Å². The maximum atomic E-state index is 5.95. The third-order valence-corrected chi connectivity index (χ3v) is 3.37. The summed E-state index contributed by atoms with van der Waals surface area (Å²) in [5.74, 6) is 1.84. The van der Waals surface area contributed by atoms with Gasteiger partial charge in [0.2, 0.25) is 0 Å². The van der Waals surface area contributed by atoms with E-state index in [9.17, 15) is 0 Å². The summed E-state index contributed by atoms with van der Waals surface area (Å²) < 4.78 is 11.2. The van der Waals surface area contributed by atoms with Crippen LogP contribution in [0.1, 0.15) is 12.7 Å². The predicted octanol–water partition coefficient (Wildman–Crippen LogP) is 3.99. The normalized spacial score (nSPS) is 12.4. The first-order chi connectivity index (χ1) is 10.3. The molecule has 0 spiro atoms. The van der Waals surface area contributed by atoms with Gasteiger partial charge in [-0.3, -0.25) is 0 Å². The second-order valence-electron chi connectivity index (χ2n) is 5.15. The maximum absolute atomic E-state index is 5.95. The van der Waals surface area contributed by atoms with Crippen LogP contribution in [0, 0.1) is 0 Å². The number of ether oxygens (including phenoxy) is 1. The van der Waals surface area contributed by atoms with Crippen molar-refractivity contribution in [1.82, 2.24) is 5.32 Å². The molecule has 108 valence electrons. The Labute approximate surface area is 124 Å². The molecule has 0 aliphatic rings. The van der Waals surface area contributed by atoms with Crippen molar-refractivity contribution >= 4 is 10.8 Å². The van der Waals surface area contributed by atoms with Gasteiger partial charge in [-0.1, -0.05) is 30.3 Å². The first-order valence-corrected chi connectivity index (χ1v) is 7.20. The zero-order valence-electron chi connectivity index (χ0n) is 12.1. The molecule has 1 heterocycles. The number of hydrogen-bond acceptors (Lipinski definition) is 3. The van der Waals surface area contributed by atoms with Gasteiger partial charge in [0.05, 0.1) is 12.8 Å². The Bertz CT molecular complexity index is 691. The van der Waals surface area contributed by atoms with Crippen LogP contribution < -0.4 is 10.1 Å². The Morgan fingerprint density at radius 1 is 1.05 bits per heavy atom. The van der Waals surface area contributed by atoms with E-state index in [1.807, 2.05) is 30.3 Å². The van der Waals surface area contributed by atoms with E-state index in [2.05, 4.69) is 36.5 Å². The lowest BCUT2D eigenvalue weighted by Crippen LogP contribution is -2.28. The molecular weight excluding hydrogens is 262 g/mol. The van der Waals surface area contributed by atoms with Crippen LogP contribution in [-0.2, 0) is 6.54 Å². The van der Waals surface area contributed by atoms with Gasteiger partial charge in [0.25, 0.3) is 0 Å². The van der Waals surface area contributed by atoms with Gasteiger partial charge in [0.1, 0.15) is 17.6 Å². The number of furan rings is 1. The van der Waals surface area contributed by atoms with Gasteiger partial charge in [-0.15, -0.1) is 0 Å². The van der Waals surface area contributed by atoms with Crippen molar-refractivity contribution in [3.8, 4) is 5.75 Å². The lowest BCUT2D eigenvalue weighted by Gasteiger charge is -2.15. The molecule has 0 amide bonds. The highest BCUT2D eigenvalue weighted by molar-refractivity contribution is 5.83. The molecule has 0 aliphatic carbocycles. The fourth-order valence-corrected chi connectivity index (χ4v) is 2.33. The van der Waals surface area contributed by atoms with Crippen molar-refractivity contribution in [3.63, 3.8) is 0 Å². The Balaban J connectivity index is 1.54. The summed E-state index contributed by atoms with van der Waals surface area (Å²) in [7, 11) is 0. The van der Waals surface area contributed by atoms with Gasteiger partial charge < -0.3 is 14.5 Å². The summed E-state index contributed by atoms with van der Waals surface area (Å²) in [6, 6.07) is 18.3. The summed E-state index contributed by atoms with van der Waals surface area (Å²) in [5.41, 5.74) is 0. The predicted molar refractivity (Wildman–Crippen MR) is 84.5 cm³/mol. The van der Waals surface area contributed by atoms with Gasteiger partial charge in [0.15, 0.2) is 0 Å². The molecule has 1 N–H and O–H groups in total. The number of fused-ring (bicyclic) bond motifs is 1. The quantitative estimate of drug-likeness (QED) is 0.742. The summed E-state index contributed by atoms with van der Waals surface area (Å²) in [6.07, 6.45) is 1.78. The average molecular weight is 281 g/mol. The van der Waals surface area contributed by atoms with Crippen molar-refractivity contribution in [2.75, 3.05) is 6.54 Å². The summed E-state index contributed by atoms with van der Waals surface area (Å²) >= 11 is 0. The van der Waals surface area contributed by atoms with E-state index in [4.69, 9.17) is 9.15 Å². The highest BCUT2D eigenvalue weighted by Crippen LogP contribution is 2.21. The smallest absolute Gasteiger partial charge is 0.120 e. The van der Waals surface area contributed by atoms with Gasteiger partial charge in [0, 0.05) is 6.54 Å². The molecule has 2 aromatic carbocycles. The Kier molecular flexibility index (Phi) is 4.22. The van der Waals surface area contributed by atoms with Crippen LogP contribution in [0.25, 0.3) is 10.8 Å². The van der Waals surface area contributed by atoms with E-state index in [-0.39, 0.29) is 6.10 Å². The summed E-state index contributed by atoms with van der Waals surface area (Å²) in [4.78, 5) is 0. The molecule has 0 saturated heterocycles. The Hall–Kier alpha value is -2.26. The van der Waals surface area contributed by atoms with Crippen molar-refractivity contribution < 1.29 is 9.15 Å². The molecule has 3 heteroatoms. The molecule has 0 fully saturated rings. The molecule has 0 saturated carbocycles. The van der Waals surface area contributed by atoms with Crippen LogP contribution in [0.2, 0.25) is 0 Å². The number of nitrogens with one attached hydrogen (secondary N) is 1. The third-order valence-electron chi connectivity index (χ3n) is 3.37. The van der Waals surface area contributed by atoms with Gasteiger partial charge in [-0.2, -0.15) is 0 Å². The molecule has 1 atom stereocenters. The SMILES string of the molecule is CC(CNCc1ccco1)Oc1ccc2ccccc2c1. The van der Waals surface area contributed by atoms with Crippen LogP contribution >= 0.6 is 0 Å². The Morgan fingerprint density at radius 2 is 1.90 bits per heavy atom. The van der Waals surface area contributed by atoms with E-state index < -0.39 is 0 Å². The average Bonchev–Trinajstić information content (AvgIpc) is 3.00. The van der Waals surface area contributed by atoms with Crippen molar-refractivity contribution in [1.29, 1.82) is 0 Å². The number of rotatable bonds is 6. The fraction of sp³-hybridized carbons (Fsp3) is 0.222. The molecule has 1 aromatic heterocycles. The number of hydrogen-bond donors (Lipinski definition) is 1. The Morgan fingerprint density at radius 3 is 2.71 bits per heavy atom. The minimum Gasteiger partial charge on any atom is -0.489 e. The van der Waals surface area contributed by atoms with Crippen molar-refractivity contribution in [2.24, 2.45) is 0 Å². The molecule has 3 aromatic rings. The minimum absolute atomic E-state index is 0.0983. The monoisotopic (exact) mass is 281 g/mol. The van der Waals surface area contributed by atoms with E-state index >= 15 is 0 Å². The molecule has 0 aliphatic heterocycles. The fourth-order valence-electron chi connectivity index (χ4n) is 2.33. The van der Waals surface area contributed by atoms with Gasteiger partial charge >= 0.3 is 0 Å². The van der Waals surface area contributed by atoms with E-state index in [0.29, 0.717) is 0 Å². The third kappa shape index (κ3) is 3.64. The second kappa shape index (κ2) is 6.46. The molecular formula is C18H19NO2. The molecule has 3 nitrogen and oxygen atoms in total.